The summed E-state index contributed by atoms with van der Waals surface area (Å²) in [6.45, 7) is 2.27. The Labute approximate surface area is 125 Å². The monoisotopic (exact) mass is 285 g/mol. The van der Waals surface area contributed by atoms with Crippen LogP contribution in [0.4, 0.5) is 0 Å². The topological polar surface area (TPSA) is 49.3 Å². The standard InChI is InChI=1S/C17H35NO2/c1-2-3-4-5-6-7-8-9-10-11-12-13-14-15-16-17(19)18-20/h20H,2-16H2,1H3,(H,18,19). The van der Waals surface area contributed by atoms with Gasteiger partial charge in [-0.25, -0.2) is 5.48 Å². The van der Waals surface area contributed by atoms with E-state index in [9.17, 15) is 4.79 Å². The maximum atomic E-state index is 10.8. The fourth-order valence-electron chi connectivity index (χ4n) is 2.54. The molecule has 0 aliphatic carbocycles. The van der Waals surface area contributed by atoms with Crippen LogP contribution in [0.5, 0.6) is 0 Å². The fourth-order valence-corrected chi connectivity index (χ4v) is 2.54. The zero-order valence-corrected chi connectivity index (χ0v) is 13.5. The SMILES string of the molecule is CCCCCCCCCCCCCCCCC(=O)NO. The molecule has 120 valence electrons. The van der Waals surface area contributed by atoms with Crippen LogP contribution in [0.1, 0.15) is 103 Å². The molecule has 2 N–H and O–H groups in total. The first-order valence-corrected chi connectivity index (χ1v) is 8.74. The van der Waals surface area contributed by atoms with E-state index in [0.717, 1.165) is 12.8 Å². The lowest BCUT2D eigenvalue weighted by Gasteiger charge is -2.03. The quantitative estimate of drug-likeness (QED) is 0.242. The second-order valence-electron chi connectivity index (χ2n) is 5.88. The Kier molecular flexibility index (Phi) is 16.0. The van der Waals surface area contributed by atoms with Crippen molar-refractivity contribution in [2.75, 3.05) is 0 Å². The van der Waals surface area contributed by atoms with Crippen molar-refractivity contribution in [3.8, 4) is 0 Å². The van der Waals surface area contributed by atoms with Gasteiger partial charge in [0, 0.05) is 6.42 Å². The van der Waals surface area contributed by atoms with Crippen molar-refractivity contribution in [3.05, 3.63) is 0 Å². The molecule has 0 aromatic carbocycles. The van der Waals surface area contributed by atoms with Crippen molar-refractivity contribution in [2.45, 2.75) is 103 Å². The first-order valence-electron chi connectivity index (χ1n) is 8.74. The molecular weight excluding hydrogens is 250 g/mol. The van der Waals surface area contributed by atoms with Gasteiger partial charge in [-0.15, -0.1) is 0 Å². The Morgan fingerprint density at radius 2 is 1.05 bits per heavy atom. The van der Waals surface area contributed by atoms with Gasteiger partial charge in [0.2, 0.25) is 5.91 Å². The highest BCUT2D eigenvalue weighted by molar-refractivity contribution is 5.74. The molecule has 3 nitrogen and oxygen atoms in total. The van der Waals surface area contributed by atoms with Gasteiger partial charge in [-0.05, 0) is 6.42 Å². The minimum atomic E-state index is -0.260. The van der Waals surface area contributed by atoms with Crippen molar-refractivity contribution in [2.24, 2.45) is 0 Å². The van der Waals surface area contributed by atoms with Gasteiger partial charge in [-0.2, -0.15) is 0 Å². The van der Waals surface area contributed by atoms with Gasteiger partial charge in [-0.1, -0.05) is 90.4 Å². The minimum absolute atomic E-state index is 0.260. The van der Waals surface area contributed by atoms with Crippen molar-refractivity contribution >= 4 is 5.91 Å². The molecule has 0 fully saturated rings. The molecule has 0 bridgehead atoms. The Morgan fingerprint density at radius 3 is 1.40 bits per heavy atom. The van der Waals surface area contributed by atoms with Crippen molar-refractivity contribution < 1.29 is 10.0 Å². The van der Waals surface area contributed by atoms with E-state index in [1.807, 2.05) is 0 Å². The summed E-state index contributed by atoms with van der Waals surface area (Å²) >= 11 is 0. The summed E-state index contributed by atoms with van der Waals surface area (Å²) in [6.07, 6.45) is 18.9. The van der Waals surface area contributed by atoms with Crippen LogP contribution in [-0.4, -0.2) is 11.1 Å². The number of carbonyl (C=O) groups is 1. The zero-order valence-electron chi connectivity index (χ0n) is 13.5. The molecule has 0 atom stereocenters. The average Bonchev–Trinajstić information content (AvgIpc) is 2.47. The Hall–Kier alpha value is -0.570. The molecule has 1 amide bonds. The molecule has 0 radical (unpaired) electrons. The summed E-state index contributed by atoms with van der Waals surface area (Å²) in [5.74, 6) is -0.260. The molecule has 0 aromatic heterocycles. The van der Waals surface area contributed by atoms with Crippen molar-refractivity contribution in [1.29, 1.82) is 0 Å². The largest absolute Gasteiger partial charge is 0.289 e. The summed E-state index contributed by atoms with van der Waals surface area (Å²) in [4.78, 5) is 10.8. The third-order valence-corrected chi connectivity index (χ3v) is 3.88. The second-order valence-corrected chi connectivity index (χ2v) is 5.88. The molecule has 0 heterocycles. The maximum absolute atomic E-state index is 10.8. The van der Waals surface area contributed by atoms with Crippen LogP contribution in [0.15, 0.2) is 0 Å². The van der Waals surface area contributed by atoms with Crippen LogP contribution >= 0.6 is 0 Å². The van der Waals surface area contributed by atoms with Gasteiger partial charge in [0.05, 0.1) is 0 Å². The van der Waals surface area contributed by atoms with Gasteiger partial charge < -0.3 is 0 Å². The summed E-state index contributed by atoms with van der Waals surface area (Å²) in [6, 6.07) is 0. The second kappa shape index (κ2) is 16.5. The highest BCUT2D eigenvalue weighted by Gasteiger charge is 1.98. The molecule has 0 saturated carbocycles. The van der Waals surface area contributed by atoms with Gasteiger partial charge in [0.15, 0.2) is 0 Å². The lowest BCUT2D eigenvalue weighted by Crippen LogP contribution is -2.17. The summed E-state index contributed by atoms with van der Waals surface area (Å²) in [5, 5.41) is 8.34. The van der Waals surface area contributed by atoms with E-state index < -0.39 is 0 Å². The van der Waals surface area contributed by atoms with Crippen molar-refractivity contribution in [3.63, 3.8) is 0 Å². The molecule has 0 spiro atoms. The molecule has 0 saturated heterocycles. The van der Waals surface area contributed by atoms with Gasteiger partial charge in [0.25, 0.3) is 0 Å². The van der Waals surface area contributed by atoms with Crippen LogP contribution in [0, 0.1) is 0 Å². The third-order valence-electron chi connectivity index (χ3n) is 3.88. The molecule has 0 rings (SSSR count). The van der Waals surface area contributed by atoms with E-state index in [1.165, 1.54) is 77.0 Å². The molecule has 0 aliphatic heterocycles. The van der Waals surface area contributed by atoms with E-state index in [1.54, 1.807) is 5.48 Å². The van der Waals surface area contributed by atoms with Crippen molar-refractivity contribution in [1.82, 2.24) is 5.48 Å². The molecule has 0 aromatic rings. The predicted octanol–water partition coefficient (Wildman–Crippen LogP) is 5.36. The first kappa shape index (κ1) is 19.4. The average molecular weight is 285 g/mol. The molecule has 0 aliphatic rings. The maximum Gasteiger partial charge on any atom is 0.243 e. The smallest absolute Gasteiger partial charge is 0.243 e. The highest BCUT2D eigenvalue weighted by atomic mass is 16.5. The number of rotatable bonds is 15. The van der Waals surface area contributed by atoms with Gasteiger partial charge >= 0.3 is 0 Å². The van der Waals surface area contributed by atoms with Crippen LogP contribution < -0.4 is 5.48 Å². The van der Waals surface area contributed by atoms with Crippen LogP contribution in [0.2, 0.25) is 0 Å². The summed E-state index contributed by atoms with van der Waals surface area (Å²) in [5.41, 5.74) is 1.67. The number of hydroxylamine groups is 1. The van der Waals surface area contributed by atoms with Gasteiger partial charge in [-0.3, -0.25) is 10.0 Å². The minimum Gasteiger partial charge on any atom is -0.289 e. The lowest BCUT2D eigenvalue weighted by molar-refractivity contribution is -0.129. The van der Waals surface area contributed by atoms with E-state index in [-0.39, 0.29) is 5.91 Å². The Morgan fingerprint density at radius 1 is 0.700 bits per heavy atom. The first-order chi connectivity index (χ1) is 9.81. The van der Waals surface area contributed by atoms with Crippen LogP contribution in [0.25, 0.3) is 0 Å². The number of hydrogen-bond acceptors (Lipinski definition) is 2. The van der Waals surface area contributed by atoms with E-state index >= 15 is 0 Å². The molecule has 20 heavy (non-hydrogen) atoms. The van der Waals surface area contributed by atoms with E-state index in [4.69, 9.17) is 5.21 Å². The number of nitrogens with one attached hydrogen (secondary N) is 1. The van der Waals surface area contributed by atoms with Crippen LogP contribution in [-0.2, 0) is 4.79 Å². The Balaban J connectivity index is 2.97. The fraction of sp³-hybridized carbons (Fsp3) is 0.941. The zero-order chi connectivity index (χ0) is 14.9. The lowest BCUT2D eigenvalue weighted by atomic mass is 10.0. The third kappa shape index (κ3) is 15.5. The highest BCUT2D eigenvalue weighted by Crippen LogP contribution is 2.13. The number of carbonyl (C=O) groups excluding carboxylic acids is 1. The van der Waals surface area contributed by atoms with E-state index in [0.29, 0.717) is 6.42 Å². The number of unbranched alkanes of at least 4 members (excludes halogenated alkanes) is 13. The number of hydrogen-bond donors (Lipinski definition) is 2. The van der Waals surface area contributed by atoms with Gasteiger partial charge in [0.1, 0.15) is 0 Å². The predicted molar refractivity (Wildman–Crippen MR) is 84.9 cm³/mol. The number of amides is 1. The normalized spacial score (nSPS) is 10.7. The molecule has 3 heteroatoms. The summed E-state index contributed by atoms with van der Waals surface area (Å²) < 4.78 is 0. The van der Waals surface area contributed by atoms with E-state index in [2.05, 4.69) is 6.92 Å². The summed E-state index contributed by atoms with van der Waals surface area (Å²) in [7, 11) is 0. The van der Waals surface area contributed by atoms with Crippen LogP contribution in [0.3, 0.4) is 0 Å². The molecular formula is C17H35NO2. The Bertz CT molecular complexity index is 207. The molecule has 0 unspecified atom stereocenters.